The van der Waals surface area contributed by atoms with Crippen molar-refractivity contribution in [1.82, 2.24) is 4.57 Å². The van der Waals surface area contributed by atoms with E-state index in [1.54, 1.807) is 13.0 Å². The highest BCUT2D eigenvalue weighted by atomic mass is 32.1. The molecule has 0 amide bonds. The van der Waals surface area contributed by atoms with Gasteiger partial charge in [0, 0.05) is 16.6 Å². The molecule has 138 valence electrons. The third-order valence-corrected chi connectivity index (χ3v) is 5.46. The van der Waals surface area contributed by atoms with E-state index in [0.717, 1.165) is 15.6 Å². The number of nitrogens with zero attached hydrogens (tertiary/aromatic N) is 2. The summed E-state index contributed by atoms with van der Waals surface area (Å²) in [6.45, 7) is 3.91. The fourth-order valence-electron chi connectivity index (χ4n) is 2.87. The summed E-state index contributed by atoms with van der Waals surface area (Å²) in [5.74, 6) is -0.992. The number of rotatable bonds is 4. The van der Waals surface area contributed by atoms with Crippen LogP contribution in [-0.4, -0.2) is 30.2 Å². The number of anilines is 1. The van der Waals surface area contributed by atoms with E-state index in [9.17, 15) is 14.9 Å². The molecule has 0 saturated heterocycles. The predicted octanol–water partition coefficient (Wildman–Crippen LogP) is 3.42. The van der Waals surface area contributed by atoms with Gasteiger partial charge in [0.05, 0.1) is 25.0 Å². The number of benzene rings is 1. The number of ether oxygens (including phenoxy) is 2. The number of thiophene rings is 1. The molecule has 27 heavy (non-hydrogen) atoms. The van der Waals surface area contributed by atoms with Gasteiger partial charge < -0.3 is 19.8 Å². The summed E-state index contributed by atoms with van der Waals surface area (Å²) in [5.41, 5.74) is 7.72. The monoisotopic (exact) mass is 383 g/mol. The second-order valence-corrected chi connectivity index (χ2v) is 6.79. The van der Waals surface area contributed by atoms with Crippen LogP contribution in [-0.2, 0) is 9.47 Å². The van der Waals surface area contributed by atoms with Crippen LogP contribution >= 0.6 is 11.3 Å². The van der Waals surface area contributed by atoms with Crippen LogP contribution in [0.15, 0.2) is 24.4 Å². The van der Waals surface area contributed by atoms with Crippen LogP contribution in [0.25, 0.3) is 15.8 Å². The Morgan fingerprint density at radius 1 is 1.33 bits per heavy atom. The number of fused-ring (bicyclic) bond motifs is 1. The molecule has 2 aromatic heterocycles. The lowest BCUT2D eigenvalue weighted by Gasteiger charge is -2.09. The zero-order chi connectivity index (χ0) is 19.7. The van der Waals surface area contributed by atoms with E-state index in [1.165, 1.54) is 29.2 Å². The number of hydrogen-bond donors (Lipinski definition) is 1. The molecule has 0 aliphatic carbocycles. The fraction of sp³-hybridized carbons (Fsp3) is 0.211. The van der Waals surface area contributed by atoms with E-state index in [1.807, 2.05) is 25.1 Å². The van der Waals surface area contributed by atoms with Crippen molar-refractivity contribution in [3.05, 3.63) is 46.1 Å². The summed E-state index contributed by atoms with van der Waals surface area (Å²) in [6, 6.07) is 7.47. The van der Waals surface area contributed by atoms with Crippen LogP contribution in [0, 0.1) is 18.3 Å². The molecule has 2 heterocycles. The molecule has 2 N–H and O–H groups in total. The molecule has 0 saturated carbocycles. The lowest BCUT2D eigenvalue weighted by Crippen LogP contribution is -2.11. The van der Waals surface area contributed by atoms with Gasteiger partial charge in [-0.1, -0.05) is 0 Å². The molecule has 0 fully saturated rings. The summed E-state index contributed by atoms with van der Waals surface area (Å²) in [7, 11) is 1.25. The van der Waals surface area contributed by atoms with E-state index in [4.69, 9.17) is 15.2 Å². The zero-order valence-electron chi connectivity index (χ0n) is 15.0. The zero-order valence-corrected chi connectivity index (χ0v) is 15.8. The molecule has 3 rings (SSSR count). The maximum Gasteiger partial charge on any atom is 0.357 e. The molecular weight excluding hydrogens is 366 g/mol. The van der Waals surface area contributed by atoms with Gasteiger partial charge >= 0.3 is 11.9 Å². The van der Waals surface area contributed by atoms with Gasteiger partial charge in [-0.3, -0.25) is 0 Å². The Kier molecular flexibility index (Phi) is 4.88. The van der Waals surface area contributed by atoms with Crippen molar-refractivity contribution >= 4 is 39.0 Å². The van der Waals surface area contributed by atoms with Crippen LogP contribution in [0.5, 0.6) is 0 Å². The number of aryl methyl sites for hydroxylation is 1. The van der Waals surface area contributed by atoms with Gasteiger partial charge in [-0.15, -0.1) is 11.3 Å². The number of nitrogens with two attached hydrogens (primary N) is 1. The van der Waals surface area contributed by atoms with E-state index >= 15 is 0 Å². The van der Waals surface area contributed by atoms with Crippen LogP contribution in [0.1, 0.15) is 38.2 Å². The van der Waals surface area contributed by atoms with E-state index in [2.05, 4.69) is 0 Å². The number of nitrogen functional groups attached to an aromatic ring is 1. The van der Waals surface area contributed by atoms with Gasteiger partial charge in [0.25, 0.3) is 0 Å². The standard InChI is InChI=1S/C19H17N3O4S/c1-4-26-19(24)17-10(2)13-7-12(5-6-14(13)27-17)22-9-11(8-20)15(21)16(22)18(23)25-3/h5-7,9H,4,21H2,1-3H3. The molecule has 0 atom stereocenters. The summed E-state index contributed by atoms with van der Waals surface area (Å²) in [5, 5.41) is 10.1. The molecule has 0 aliphatic heterocycles. The van der Waals surface area contributed by atoms with Crippen molar-refractivity contribution in [1.29, 1.82) is 5.26 Å². The number of esters is 2. The average Bonchev–Trinajstić information content (AvgIpc) is 3.18. The summed E-state index contributed by atoms with van der Waals surface area (Å²) in [6.07, 6.45) is 1.50. The molecule has 0 aliphatic rings. The number of carbonyl (C=O) groups excluding carboxylic acids is 2. The Bertz CT molecular complexity index is 1100. The first-order valence-electron chi connectivity index (χ1n) is 8.12. The van der Waals surface area contributed by atoms with Crippen LogP contribution in [0.2, 0.25) is 0 Å². The van der Waals surface area contributed by atoms with Crippen LogP contribution in [0.3, 0.4) is 0 Å². The Morgan fingerprint density at radius 3 is 2.70 bits per heavy atom. The number of carbonyl (C=O) groups is 2. The minimum absolute atomic E-state index is 0.0682. The van der Waals surface area contributed by atoms with Crippen molar-refractivity contribution in [2.75, 3.05) is 19.5 Å². The van der Waals surface area contributed by atoms with Gasteiger partial charge in [0.15, 0.2) is 5.69 Å². The molecule has 1 aromatic carbocycles. The third-order valence-electron chi connectivity index (χ3n) is 4.20. The highest BCUT2D eigenvalue weighted by molar-refractivity contribution is 7.21. The predicted molar refractivity (Wildman–Crippen MR) is 102 cm³/mol. The van der Waals surface area contributed by atoms with Gasteiger partial charge in [-0.05, 0) is 43.0 Å². The normalized spacial score (nSPS) is 10.6. The number of hydrogen-bond acceptors (Lipinski definition) is 7. The first kappa shape index (κ1) is 18.5. The Labute approximate surface area is 159 Å². The smallest absolute Gasteiger partial charge is 0.357 e. The van der Waals surface area contributed by atoms with Crippen molar-refractivity contribution in [3.63, 3.8) is 0 Å². The van der Waals surface area contributed by atoms with E-state index in [0.29, 0.717) is 17.2 Å². The largest absolute Gasteiger partial charge is 0.464 e. The fourth-order valence-corrected chi connectivity index (χ4v) is 3.95. The lowest BCUT2D eigenvalue weighted by molar-refractivity contribution is 0.0530. The molecule has 0 radical (unpaired) electrons. The van der Waals surface area contributed by atoms with Crippen molar-refractivity contribution in [2.24, 2.45) is 0 Å². The minimum Gasteiger partial charge on any atom is -0.464 e. The lowest BCUT2D eigenvalue weighted by atomic mass is 10.1. The highest BCUT2D eigenvalue weighted by Crippen LogP contribution is 2.34. The second kappa shape index (κ2) is 7.13. The first-order valence-corrected chi connectivity index (χ1v) is 8.94. The number of nitriles is 1. The molecule has 0 unspecified atom stereocenters. The SMILES string of the molecule is CCOC(=O)c1sc2ccc(-n3cc(C#N)c(N)c3C(=O)OC)cc2c1C. The molecule has 0 spiro atoms. The summed E-state index contributed by atoms with van der Waals surface area (Å²) < 4.78 is 12.4. The molecular formula is C19H17N3O4S. The maximum absolute atomic E-state index is 12.2. The van der Waals surface area contributed by atoms with Crippen LogP contribution in [0.4, 0.5) is 5.69 Å². The van der Waals surface area contributed by atoms with Gasteiger partial charge in [-0.2, -0.15) is 5.26 Å². The molecule has 8 heteroatoms. The maximum atomic E-state index is 12.2. The van der Waals surface area contributed by atoms with Crippen molar-refractivity contribution in [3.8, 4) is 11.8 Å². The van der Waals surface area contributed by atoms with Crippen LogP contribution < -0.4 is 5.73 Å². The minimum atomic E-state index is -0.636. The van der Waals surface area contributed by atoms with E-state index in [-0.39, 0.29) is 22.9 Å². The van der Waals surface area contributed by atoms with Gasteiger partial charge in [0.2, 0.25) is 0 Å². The molecule has 3 aromatic rings. The molecule has 7 nitrogen and oxygen atoms in total. The summed E-state index contributed by atoms with van der Waals surface area (Å²) >= 11 is 1.35. The molecule has 0 bridgehead atoms. The average molecular weight is 383 g/mol. The van der Waals surface area contributed by atoms with Gasteiger partial charge in [0.1, 0.15) is 10.9 Å². The second-order valence-electron chi connectivity index (χ2n) is 5.74. The number of aromatic nitrogens is 1. The first-order chi connectivity index (χ1) is 12.9. The van der Waals surface area contributed by atoms with E-state index < -0.39 is 5.97 Å². The van der Waals surface area contributed by atoms with Crippen molar-refractivity contribution < 1.29 is 19.1 Å². The Morgan fingerprint density at radius 2 is 2.07 bits per heavy atom. The topological polar surface area (TPSA) is 107 Å². The highest BCUT2D eigenvalue weighted by Gasteiger charge is 2.23. The quantitative estimate of drug-likeness (QED) is 0.692. The Hall–Kier alpha value is -3.31. The number of methoxy groups -OCH3 is 1. The summed E-state index contributed by atoms with van der Waals surface area (Å²) in [4.78, 5) is 24.8. The third kappa shape index (κ3) is 3.02. The Balaban J connectivity index is 2.19. The van der Waals surface area contributed by atoms with Gasteiger partial charge in [-0.25, -0.2) is 9.59 Å². The van der Waals surface area contributed by atoms with Crippen molar-refractivity contribution in [2.45, 2.75) is 13.8 Å².